The molecule has 0 aliphatic carbocycles. The average Bonchev–Trinajstić information content (AvgIpc) is 2.35. The molecule has 4 heteroatoms. The Balaban J connectivity index is 2.72. The Morgan fingerprint density at radius 2 is 1.65 bits per heavy atom. The minimum absolute atomic E-state index is 0.0991. The first-order valence-electron chi connectivity index (χ1n) is 4.92. The maximum absolute atomic E-state index is 13.8. The van der Waals surface area contributed by atoms with Crippen molar-refractivity contribution in [3.05, 3.63) is 52.5 Å². The molecule has 17 heavy (non-hydrogen) atoms. The molecule has 0 amide bonds. The third kappa shape index (κ3) is 2.17. The summed E-state index contributed by atoms with van der Waals surface area (Å²) < 4.78 is 32.4. The summed E-state index contributed by atoms with van der Waals surface area (Å²) in [7, 11) is 1.49. The number of halogens is 3. The molecule has 0 heterocycles. The Morgan fingerprint density at radius 3 is 2.35 bits per heavy atom. The number of rotatable bonds is 2. The number of ether oxygens (including phenoxy) is 1. The van der Waals surface area contributed by atoms with E-state index in [1.54, 1.807) is 24.3 Å². The summed E-state index contributed by atoms with van der Waals surface area (Å²) in [5, 5.41) is 0. The third-order valence-corrected chi connectivity index (χ3v) is 3.20. The summed E-state index contributed by atoms with van der Waals surface area (Å²) >= 11 is 3.06. The second-order valence-electron chi connectivity index (χ2n) is 3.42. The van der Waals surface area contributed by atoms with Crippen molar-refractivity contribution in [2.45, 2.75) is 0 Å². The van der Waals surface area contributed by atoms with Crippen molar-refractivity contribution >= 4 is 15.9 Å². The number of benzene rings is 2. The fourth-order valence-corrected chi connectivity index (χ4v) is 2.16. The zero-order valence-corrected chi connectivity index (χ0v) is 10.6. The first-order valence-corrected chi connectivity index (χ1v) is 5.71. The first kappa shape index (κ1) is 12.0. The van der Waals surface area contributed by atoms with E-state index in [4.69, 9.17) is 4.74 Å². The second-order valence-corrected chi connectivity index (χ2v) is 4.21. The number of methoxy groups -OCH3 is 1. The molecule has 0 radical (unpaired) electrons. The smallest absolute Gasteiger partial charge is 0.138 e. The fraction of sp³-hybridized carbons (Fsp3) is 0.0769. The third-order valence-electron chi connectivity index (χ3n) is 2.42. The lowest BCUT2D eigenvalue weighted by Crippen LogP contribution is -1.93. The van der Waals surface area contributed by atoms with Crippen LogP contribution in [0.4, 0.5) is 8.78 Å². The molecule has 0 aromatic heterocycles. The van der Waals surface area contributed by atoms with Gasteiger partial charge in [0.15, 0.2) is 0 Å². The molecule has 2 aromatic rings. The monoisotopic (exact) mass is 298 g/mol. The van der Waals surface area contributed by atoms with Gasteiger partial charge in [-0.15, -0.1) is 0 Å². The molecule has 0 aliphatic heterocycles. The minimum atomic E-state index is -0.507. The Hall–Kier alpha value is -1.42. The Morgan fingerprint density at radius 1 is 1.00 bits per heavy atom. The highest BCUT2D eigenvalue weighted by Crippen LogP contribution is 2.37. The Bertz CT molecular complexity index is 555. The molecule has 0 saturated heterocycles. The maximum atomic E-state index is 13.8. The van der Waals surface area contributed by atoms with Gasteiger partial charge in [0.1, 0.15) is 17.4 Å². The molecule has 0 saturated carbocycles. The van der Waals surface area contributed by atoms with Gasteiger partial charge in [0, 0.05) is 11.1 Å². The minimum Gasteiger partial charge on any atom is -0.496 e. The van der Waals surface area contributed by atoms with Gasteiger partial charge in [-0.2, -0.15) is 0 Å². The lowest BCUT2D eigenvalue weighted by Gasteiger charge is -2.11. The number of hydrogen-bond acceptors (Lipinski definition) is 1. The van der Waals surface area contributed by atoms with Gasteiger partial charge in [-0.05, 0) is 34.1 Å². The molecule has 1 nitrogen and oxygen atoms in total. The van der Waals surface area contributed by atoms with E-state index in [1.165, 1.54) is 7.11 Å². The molecule has 0 aliphatic rings. The number of hydrogen-bond donors (Lipinski definition) is 0. The van der Waals surface area contributed by atoms with E-state index in [0.29, 0.717) is 11.3 Å². The van der Waals surface area contributed by atoms with Gasteiger partial charge >= 0.3 is 0 Å². The standard InChI is InChI=1S/C13H9BrF2O/c1-17-11-5-3-2-4-8(11)12-9(15)6-7-10(16)13(12)14/h2-7H,1H3. The van der Waals surface area contributed by atoms with Crippen LogP contribution in [0.1, 0.15) is 0 Å². The van der Waals surface area contributed by atoms with Crippen LogP contribution in [-0.2, 0) is 0 Å². The van der Waals surface area contributed by atoms with E-state index in [-0.39, 0.29) is 10.0 Å². The predicted molar refractivity (Wildman–Crippen MR) is 66.0 cm³/mol. The molecule has 0 unspecified atom stereocenters. The molecule has 0 fully saturated rings. The summed E-state index contributed by atoms with van der Waals surface area (Å²) in [6.45, 7) is 0. The molecule has 0 N–H and O–H groups in total. The van der Waals surface area contributed by atoms with Crippen LogP contribution < -0.4 is 4.74 Å². The van der Waals surface area contributed by atoms with Crippen LogP contribution in [0, 0.1) is 11.6 Å². The predicted octanol–water partition coefficient (Wildman–Crippen LogP) is 4.40. The topological polar surface area (TPSA) is 9.23 Å². The van der Waals surface area contributed by atoms with E-state index in [2.05, 4.69) is 15.9 Å². The second kappa shape index (κ2) is 4.84. The van der Waals surface area contributed by atoms with Crippen molar-refractivity contribution < 1.29 is 13.5 Å². The van der Waals surface area contributed by atoms with E-state index >= 15 is 0 Å². The zero-order valence-electron chi connectivity index (χ0n) is 9.01. The van der Waals surface area contributed by atoms with Crippen LogP contribution in [0.25, 0.3) is 11.1 Å². The summed E-state index contributed by atoms with van der Waals surface area (Å²) in [6, 6.07) is 9.08. The van der Waals surface area contributed by atoms with Crippen molar-refractivity contribution in [2.24, 2.45) is 0 Å². The summed E-state index contributed by atoms with van der Waals surface area (Å²) in [4.78, 5) is 0. The van der Waals surface area contributed by atoms with Gasteiger partial charge in [-0.3, -0.25) is 0 Å². The summed E-state index contributed by atoms with van der Waals surface area (Å²) in [5.74, 6) is -0.507. The zero-order chi connectivity index (χ0) is 12.4. The van der Waals surface area contributed by atoms with Crippen molar-refractivity contribution in [1.29, 1.82) is 0 Å². The molecule has 88 valence electrons. The van der Waals surface area contributed by atoms with Crippen molar-refractivity contribution in [1.82, 2.24) is 0 Å². The van der Waals surface area contributed by atoms with Gasteiger partial charge in [-0.25, -0.2) is 8.78 Å². The van der Waals surface area contributed by atoms with Gasteiger partial charge in [-0.1, -0.05) is 18.2 Å². The highest BCUT2D eigenvalue weighted by atomic mass is 79.9. The van der Waals surface area contributed by atoms with Gasteiger partial charge in [0.05, 0.1) is 11.6 Å². The molecule has 0 bridgehead atoms. The first-order chi connectivity index (χ1) is 8.15. The van der Waals surface area contributed by atoms with Crippen molar-refractivity contribution in [3.63, 3.8) is 0 Å². The van der Waals surface area contributed by atoms with Crippen molar-refractivity contribution in [2.75, 3.05) is 7.11 Å². The maximum Gasteiger partial charge on any atom is 0.138 e. The lowest BCUT2D eigenvalue weighted by atomic mass is 10.0. The van der Waals surface area contributed by atoms with Gasteiger partial charge in [0.2, 0.25) is 0 Å². The lowest BCUT2D eigenvalue weighted by molar-refractivity contribution is 0.416. The van der Waals surface area contributed by atoms with E-state index in [9.17, 15) is 8.78 Å². The molecule has 2 aromatic carbocycles. The highest BCUT2D eigenvalue weighted by molar-refractivity contribution is 9.10. The Kier molecular flexibility index (Phi) is 3.43. The van der Waals surface area contributed by atoms with E-state index < -0.39 is 11.6 Å². The molecular formula is C13H9BrF2O. The van der Waals surface area contributed by atoms with Crippen LogP contribution in [-0.4, -0.2) is 7.11 Å². The normalized spacial score (nSPS) is 10.4. The van der Waals surface area contributed by atoms with E-state index in [1.807, 2.05) is 0 Å². The molecule has 0 atom stereocenters. The van der Waals surface area contributed by atoms with Crippen LogP contribution in [0.5, 0.6) is 5.75 Å². The van der Waals surface area contributed by atoms with Crippen LogP contribution in [0.3, 0.4) is 0 Å². The molecule has 0 spiro atoms. The van der Waals surface area contributed by atoms with Crippen molar-refractivity contribution in [3.8, 4) is 16.9 Å². The van der Waals surface area contributed by atoms with Crippen LogP contribution >= 0.6 is 15.9 Å². The Labute approximate surface area is 106 Å². The largest absolute Gasteiger partial charge is 0.496 e. The fourth-order valence-electron chi connectivity index (χ4n) is 1.63. The van der Waals surface area contributed by atoms with Crippen LogP contribution in [0.15, 0.2) is 40.9 Å². The van der Waals surface area contributed by atoms with Crippen LogP contribution in [0.2, 0.25) is 0 Å². The van der Waals surface area contributed by atoms with Gasteiger partial charge in [0.25, 0.3) is 0 Å². The van der Waals surface area contributed by atoms with E-state index in [0.717, 1.165) is 12.1 Å². The molecular weight excluding hydrogens is 290 g/mol. The SMILES string of the molecule is COc1ccccc1-c1c(F)ccc(F)c1Br. The average molecular weight is 299 g/mol. The quantitative estimate of drug-likeness (QED) is 0.747. The summed E-state index contributed by atoms with van der Waals surface area (Å²) in [5.41, 5.74) is 0.682. The number of para-hydroxylation sites is 1. The highest BCUT2D eigenvalue weighted by Gasteiger charge is 2.16. The van der Waals surface area contributed by atoms with Gasteiger partial charge < -0.3 is 4.74 Å². The molecule has 2 rings (SSSR count). The summed E-state index contributed by atoms with van der Waals surface area (Å²) in [6.07, 6.45) is 0.